The fourth-order valence-corrected chi connectivity index (χ4v) is 3.03. The van der Waals surface area contributed by atoms with Crippen LogP contribution in [0.1, 0.15) is 32.6 Å². The molecule has 6 heteroatoms. The van der Waals surface area contributed by atoms with E-state index in [1.165, 1.54) is 24.3 Å². The Morgan fingerprint density at radius 3 is 1.82 bits per heavy atom. The molecule has 0 aromatic heterocycles. The van der Waals surface area contributed by atoms with Crippen molar-refractivity contribution in [2.24, 2.45) is 0 Å². The Labute approximate surface area is 141 Å². The molecular weight excluding hydrogens is 294 g/mol. The first-order valence-electron chi connectivity index (χ1n) is 6.49. The molecule has 2 aromatic carbocycles. The molecule has 0 heterocycles. The fourth-order valence-electron chi connectivity index (χ4n) is 2.49. The van der Waals surface area contributed by atoms with Crippen LogP contribution in [0.2, 0.25) is 0 Å². The van der Waals surface area contributed by atoms with Crippen LogP contribution in [0.15, 0.2) is 36.4 Å². The number of rotatable bonds is 3. The number of carbonyl (C=O) groups excluding carboxylic acids is 1. The second-order valence-corrected chi connectivity index (χ2v) is 6.80. The Balaban J connectivity index is 0.00000242. The van der Waals surface area contributed by atoms with E-state index in [0.717, 1.165) is 16.7 Å². The van der Waals surface area contributed by atoms with Crippen LogP contribution in [0.5, 0.6) is 0 Å². The Morgan fingerprint density at radius 1 is 0.955 bits per heavy atom. The molecule has 0 fully saturated rings. The van der Waals surface area contributed by atoms with Crippen LogP contribution >= 0.6 is 7.60 Å². The predicted octanol–water partition coefficient (Wildman–Crippen LogP) is 2.00. The van der Waals surface area contributed by atoms with Crippen molar-refractivity contribution in [2.75, 3.05) is 0 Å². The van der Waals surface area contributed by atoms with Crippen molar-refractivity contribution < 1.29 is 19.1 Å². The molecule has 0 aliphatic heterocycles. The third-order valence-corrected chi connectivity index (χ3v) is 4.34. The van der Waals surface area contributed by atoms with Crippen molar-refractivity contribution in [3.63, 3.8) is 0 Å². The summed E-state index contributed by atoms with van der Waals surface area (Å²) in [6.45, 7) is 5.75. The van der Waals surface area contributed by atoms with Gasteiger partial charge in [-0.2, -0.15) is 0 Å². The molecule has 0 radical (unpaired) electrons. The second kappa shape index (κ2) is 6.96. The van der Waals surface area contributed by atoms with Gasteiger partial charge in [0.15, 0.2) is 5.78 Å². The standard InChI is InChI=1S/C16H17O4P.Li.H/c1-10-8-11(2)15(12(3)9-10)16(17)13-4-6-14(7-5-13)21(18,19)20;;/h4-9H,1-3H3,(H2,18,19,20);;. The van der Waals surface area contributed by atoms with Gasteiger partial charge in [0.2, 0.25) is 0 Å². The molecule has 0 saturated carbocycles. The fraction of sp³-hybridized carbons (Fsp3) is 0.188. The van der Waals surface area contributed by atoms with E-state index >= 15 is 0 Å². The van der Waals surface area contributed by atoms with E-state index in [2.05, 4.69) is 0 Å². The molecule has 112 valence electrons. The Morgan fingerprint density at radius 2 is 1.41 bits per heavy atom. The molecule has 0 aliphatic carbocycles. The molecule has 0 saturated heterocycles. The topological polar surface area (TPSA) is 74.6 Å². The number of hydrogen-bond acceptors (Lipinski definition) is 2. The van der Waals surface area contributed by atoms with Gasteiger partial charge in [0.1, 0.15) is 0 Å². The van der Waals surface area contributed by atoms with Crippen molar-refractivity contribution in [3.05, 3.63) is 64.2 Å². The first-order valence-corrected chi connectivity index (χ1v) is 8.10. The van der Waals surface area contributed by atoms with E-state index < -0.39 is 7.60 Å². The van der Waals surface area contributed by atoms with Crippen molar-refractivity contribution in [3.8, 4) is 0 Å². The Hall–Kier alpha value is -1.14. The molecule has 0 amide bonds. The van der Waals surface area contributed by atoms with Gasteiger partial charge >= 0.3 is 26.5 Å². The average molecular weight is 312 g/mol. The van der Waals surface area contributed by atoms with Crippen LogP contribution in [0.4, 0.5) is 0 Å². The van der Waals surface area contributed by atoms with Gasteiger partial charge in [-0.05, 0) is 44.0 Å². The molecule has 0 spiro atoms. The summed E-state index contributed by atoms with van der Waals surface area (Å²) >= 11 is 0. The zero-order chi connectivity index (χ0) is 15.8. The van der Waals surface area contributed by atoms with Crippen LogP contribution in [-0.2, 0) is 4.57 Å². The Kier molecular flexibility index (Phi) is 5.98. The molecule has 0 aliphatic rings. The molecule has 0 bridgehead atoms. The maximum absolute atomic E-state index is 12.6. The molecule has 4 nitrogen and oxygen atoms in total. The van der Waals surface area contributed by atoms with Gasteiger partial charge in [-0.25, -0.2) is 0 Å². The SMILES string of the molecule is Cc1cc(C)c(C(=O)c2ccc(P(=O)(O)O)cc2)c(C)c1.[LiH]. The van der Waals surface area contributed by atoms with E-state index in [1.54, 1.807) is 0 Å². The third kappa shape index (κ3) is 3.98. The van der Waals surface area contributed by atoms with Gasteiger partial charge in [-0.15, -0.1) is 0 Å². The molecule has 0 atom stereocenters. The quantitative estimate of drug-likeness (QED) is 0.516. The third-order valence-electron chi connectivity index (χ3n) is 3.37. The van der Waals surface area contributed by atoms with Gasteiger partial charge in [0.05, 0.1) is 5.30 Å². The summed E-state index contributed by atoms with van der Waals surface area (Å²) in [4.78, 5) is 30.7. The van der Waals surface area contributed by atoms with E-state index in [-0.39, 0.29) is 29.9 Å². The number of benzene rings is 2. The summed E-state index contributed by atoms with van der Waals surface area (Å²) in [5, 5.41) is -0.0867. The molecule has 0 unspecified atom stereocenters. The predicted molar refractivity (Wildman–Crippen MR) is 89.4 cm³/mol. The summed E-state index contributed by atoms with van der Waals surface area (Å²) in [5.41, 5.74) is 3.96. The van der Waals surface area contributed by atoms with Crippen molar-refractivity contribution in [1.82, 2.24) is 0 Å². The van der Waals surface area contributed by atoms with E-state index in [0.29, 0.717) is 11.1 Å². The van der Waals surface area contributed by atoms with Crippen LogP contribution in [-0.4, -0.2) is 34.4 Å². The van der Waals surface area contributed by atoms with Crippen molar-refractivity contribution in [2.45, 2.75) is 20.8 Å². The normalized spacial score (nSPS) is 11.0. The molecule has 22 heavy (non-hydrogen) atoms. The van der Waals surface area contributed by atoms with Crippen LogP contribution in [0.3, 0.4) is 0 Å². The zero-order valence-corrected chi connectivity index (χ0v) is 13.0. The van der Waals surface area contributed by atoms with Crippen LogP contribution in [0, 0.1) is 20.8 Å². The Bertz CT molecular complexity index is 724. The number of hydrogen-bond donors (Lipinski definition) is 2. The van der Waals surface area contributed by atoms with Crippen molar-refractivity contribution >= 4 is 37.5 Å². The summed E-state index contributed by atoms with van der Waals surface area (Å²) < 4.78 is 11.1. The molecular formula is C16H18LiO4P. The second-order valence-electron chi connectivity index (χ2n) is 5.19. The van der Waals surface area contributed by atoms with Gasteiger partial charge in [-0.3, -0.25) is 9.36 Å². The first-order chi connectivity index (χ1) is 9.70. The van der Waals surface area contributed by atoms with E-state index in [1.807, 2.05) is 32.9 Å². The monoisotopic (exact) mass is 312 g/mol. The number of carbonyl (C=O) groups is 1. The minimum atomic E-state index is -4.28. The first kappa shape index (κ1) is 18.9. The summed E-state index contributed by atoms with van der Waals surface area (Å²) in [5.74, 6) is -0.137. The zero-order valence-electron chi connectivity index (χ0n) is 12.1. The van der Waals surface area contributed by atoms with Crippen LogP contribution < -0.4 is 5.30 Å². The summed E-state index contributed by atoms with van der Waals surface area (Å²) in [6, 6.07) is 9.40. The minimum absolute atomic E-state index is 0. The van der Waals surface area contributed by atoms with Gasteiger partial charge in [-0.1, -0.05) is 29.8 Å². The maximum atomic E-state index is 12.6. The van der Waals surface area contributed by atoms with Gasteiger partial charge in [0, 0.05) is 11.1 Å². The van der Waals surface area contributed by atoms with E-state index in [9.17, 15) is 9.36 Å². The molecule has 2 rings (SSSR count). The van der Waals surface area contributed by atoms with Gasteiger partial charge < -0.3 is 9.79 Å². The average Bonchev–Trinajstić information content (AvgIpc) is 2.36. The molecule has 2 aromatic rings. The van der Waals surface area contributed by atoms with Crippen LogP contribution in [0.25, 0.3) is 0 Å². The number of aryl methyl sites for hydroxylation is 3. The summed E-state index contributed by atoms with van der Waals surface area (Å²) in [6.07, 6.45) is 0. The molecule has 2 N–H and O–H groups in total. The van der Waals surface area contributed by atoms with E-state index in [4.69, 9.17) is 9.79 Å². The summed E-state index contributed by atoms with van der Waals surface area (Å²) in [7, 11) is -4.28. The number of ketones is 1. The van der Waals surface area contributed by atoms with Crippen molar-refractivity contribution in [1.29, 1.82) is 0 Å². The van der Waals surface area contributed by atoms with Gasteiger partial charge in [0.25, 0.3) is 0 Å².